The normalized spacial score (nSPS) is 31.6. The summed E-state index contributed by atoms with van der Waals surface area (Å²) in [5.74, 6) is -1.72. The van der Waals surface area contributed by atoms with Crippen molar-refractivity contribution >= 4 is 29.5 Å². The summed E-state index contributed by atoms with van der Waals surface area (Å²) in [6.45, 7) is 3.39. The first-order valence-corrected chi connectivity index (χ1v) is 11.6. The molecule has 0 aromatic heterocycles. The van der Waals surface area contributed by atoms with Gasteiger partial charge in [0.1, 0.15) is 25.0 Å². The van der Waals surface area contributed by atoms with Crippen molar-refractivity contribution in [3.63, 3.8) is 0 Å². The minimum absolute atomic E-state index is 0.0166. The number of carbonyl (C=O) groups is 5. The zero-order valence-corrected chi connectivity index (χ0v) is 19.4. The minimum atomic E-state index is -1.37. The first-order chi connectivity index (χ1) is 17.3. The van der Waals surface area contributed by atoms with Gasteiger partial charge in [-0.2, -0.15) is 0 Å². The lowest BCUT2D eigenvalue weighted by molar-refractivity contribution is -0.144. The zero-order valence-electron chi connectivity index (χ0n) is 19.4. The monoisotopic (exact) mass is 497 g/mol. The summed E-state index contributed by atoms with van der Waals surface area (Å²) in [7, 11) is 1.41. The van der Waals surface area contributed by atoms with Crippen molar-refractivity contribution in [2.24, 2.45) is 11.7 Å². The van der Waals surface area contributed by atoms with Crippen LogP contribution in [0.4, 0.5) is 9.59 Å². The predicted molar refractivity (Wildman–Crippen MR) is 117 cm³/mol. The Bertz CT molecular complexity index is 1280. The van der Waals surface area contributed by atoms with Gasteiger partial charge in [0.05, 0.1) is 23.2 Å². The van der Waals surface area contributed by atoms with Crippen LogP contribution in [-0.2, 0) is 33.3 Å². The molecule has 2 fully saturated rings. The lowest BCUT2D eigenvalue weighted by Crippen LogP contribution is -2.56. The van der Waals surface area contributed by atoms with Crippen molar-refractivity contribution in [3.05, 3.63) is 46.6 Å². The van der Waals surface area contributed by atoms with Crippen molar-refractivity contribution in [3.8, 4) is 0 Å². The molecule has 4 atom stereocenters. The largest absolute Gasteiger partial charge is 0.457 e. The molecule has 0 radical (unpaired) electrons. The SMILES string of the molecule is C=CCOC(=O)N1[C@H]2[C@@H]1CN1C3=C(C(=O)C4=C(CC5=C(CCC5=O)O4)C3=O)[C@@H](COC(N)=O)[C@@]21OC. The fourth-order valence-electron chi connectivity index (χ4n) is 6.38. The van der Waals surface area contributed by atoms with Crippen molar-refractivity contribution in [2.45, 2.75) is 37.1 Å². The molecule has 12 nitrogen and oxygen atoms in total. The van der Waals surface area contributed by atoms with E-state index in [1.54, 1.807) is 4.90 Å². The molecule has 188 valence electrons. The van der Waals surface area contributed by atoms with E-state index in [4.69, 9.17) is 24.7 Å². The summed E-state index contributed by atoms with van der Waals surface area (Å²) >= 11 is 0. The highest BCUT2D eigenvalue weighted by molar-refractivity contribution is 6.26. The summed E-state index contributed by atoms with van der Waals surface area (Å²) < 4.78 is 22.1. The van der Waals surface area contributed by atoms with Crippen LogP contribution in [0.3, 0.4) is 0 Å². The van der Waals surface area contributed by atoms with E-state index >= 15 is 0 Å². The molecule has 4 heterocycles. The second kappa shape index (κ2) is 7.53. The Morgan fingerprint density at radius 1 is 1.19 bits per heavy atom. The maximum absolute atomic E-state index is 13.8. The summed E-state index contributed by atoms with van der Waals surface area (Å²) in [5, 5.41) is 0. The molecular weight excluding hydrogens is 474 g/mol. The van der Waals surface area contributed by atoms with E-state index in [9.17, 15) is 24.0 Å². The number of hydrogen-bond acceptors (Lipinski definition) is 10. The lowest BCUT2D eigenvalue weighted by Gasteiger charge is -2.40. The molecule has 6 rings (SSSR count). The van der Waals surface area contributed by atoms with E-state index in [2.05, 4.69) is 6.58 Å². The van der Waals surface area contributed by atoms with Gasteiger partial charge in [-0.05, 0) is 0 Å². The van der Waals surface area contributed by atoms with Crippen LogP contribution in [0, 0.1) is 5.92 Å². The highest BCUT2D eigenvalue weighted by Crippen LogP contribution is 2.60. The maximum Gasteiger partial charge on any atom is 0.410 e. The van der Waals surface area contributed by atoms with Crippen LogP contribution in [0.2, 0.25) is 0 Å². The molecule has 0 spiro atoms. The van der Waals surface area contributed by atoms with Gasteiger partial charge in [0.25, 0.3) is 0 Å². The van der Waals surface area contributed by atoms with E-state index < -0.39 is 41.4 Å². The van der Waals surface area contributed by atoms with Crippen molar-refractivity contribution < 1.29 is 42.9 Å². The molecule has 0 aromatic carbocycles. The number of ketones is 3. The van der Waals surface area contributed by atoms with Gasteiger partial charge in [-0.25, -0.2) is 9.59 Å². The first-order valence-electron chi connectivity index (χ1n) is 11.6. The molecule has 0 unspecified atom stereocenters. The van der Waals surface area contributed by atoms with Crippen LogP contribution in [0.15, 0.2) is 46.6 Å². The Morgan fingerprint density at radius 3 is 2.67 bits per heavy atom. The molecule has 2 amide bonds. The van der Waals surface area contributed by atoms with E-state index in [1.165, 1.54) is 18.1 Å². The number of methoxy groups -OCH3 is 1. The number of nitrogens with two attached hydrogens (primary N) is 1. The van der Waals surface area contributed by atoms with Gasteiger partial charge in [0.2, 0.25) is 11.6 Å². The van der Waals surface area contributed by atoms with Crippen LogP contribution in [0.1, 0.15) is 19.3 Å². The third-order valence-electron chi connectivity index (χ3n) is 7.82. The van der Waals surface area contributed by atoms with E-state index in [0.29, 0.717) is 17.8 Å². The first kappa shape index (κ1) is 22.5. The Labute approximate surface area is 204 Å². The number of allylic oxidation sites excluding steroid dienone is 4. The molecular formula is C24H23N3O9. The number of ether oxygens (including phenoxy) is 4. The van der Waals surface area contributed by atoms with Crippen LogP contribution < -0.4 is 5.73 Å². The van der Waals surface area contributed by atoms with Crippen LogP contribution in [0.25, 0.3) is 0 Å². The van der Waals surface area contributed by atoms with Gasteiger partial charge < -0.3 is 29.6 Å². The quantitative estimate of drug-likeness (QED) is 0.321. The third kappa shape index (κ3) is 2.70. The van der Waals surface area contributed by atoms with Crippen molar-refractivity contribution in [2.75, 3.05) is 26.9 Å². The number of hydrogen-bond donors (Lipinski definition) is 1. The van der Waals surface area contributed by atoms with Crippen LogP contribution >= 0.6 is 0 Å². The van der Waals surface area contributed by atoms with Crippen LogP contribution in [0.5, 0.6) is 0 Å². The maximum atomic E-state index is 13.8. The molecule has 0 bridgehead atoms. The van der Waals surface area contributed by atoms with E-state index in [0.717, 1.165) is 0 Å². The van der Waals surface area contributed by atoms with Gasteiger partial charge in [-0.3, -0.25) is 19.3 Å². The number of Topliss-reactive ketones (excluding diaryl/α,β-unsaturated/α-hetero) is 3. The average Bonchev–Trinajstić information content (AvgIpc) is 3.15. The number of nitrogens with zero attached hydrogens (tertiary/aromatic N) is 2. The molecule has 2 saturated heterocycles. The molecule has 12 heteroatoms. The smallest absolute Gasteiger partial charge is 0.410 e. The zero-order chi connectivity index (χ0) is 25.5. The Hall–Kier alpha value is -3.93. The number of carbonyl (C=O) groups excluding carboxylic acids is 5. The van der Waals surface area contributed by atoms with Gasteiger partial charge in [-0.15, -0.1) is 0 Å². The number of rotatable bonds is 5. The summed E-state index contributed by atoms with van der Waals surface area (Å²) in [4.78, 5) is 67.2. The number of piperazine rings is 1. The predicted octanol–water partition coefficient (Wildman–Crippen LogP) is 0.443. The number of primary amides is 1. The fourth-order valence-corrected chi connectivity index (χ4v) is 6.38. The van der Waals surface area contributed by atoms with Gasteiger partial charge in [-0.1, -0.05) is 12.7 Å². The molecule has 36 heavy (non-hydrogen) atoms. The highest BCUT2D eigenvalue weighted by Gasteiger charge is 2.78. The molecule has 4 aliphatic heterocycles. The molecule has 0 aromatic rings. The number of fused-ring (bicyclic) bond motifs is 4. The van der Waals surface area contributed by atoms with E-state index in [-0.39, 0.29) is 67.0 Å². The van der Waals surface area contributed by atoms with E-state index in [1.807, 2.05) is 0 Å². The minimum Gasteiger partial charge on any atom is -0.457 e. The lowest BCUT2D eigenvalue weighted by atomic mass is 9.81. The van der Waals surface area contributed by atoms with Gasteiger partial charge >= 0.3 is 12.2 Å². The Balaban J connectivity index is 1.39. The molecule has 0 saturated carbocycles. The topological polar surface area (TPSA) is 155 Å². The highest BCUT2D eigenvalue weighted by atomic mass is 16.6. The standard InChI is InChI=1S/C24H23N3O9/c1-3-6-34-23(32)27-13-8-26-17-16(12(9-35-22(25)31)24(26,33-2)21(13)27)19(30)20-11(18(17)29)7-10-14(28)4-5-15(10)36-20/h3,12-13,21H,1,4-9H2,2H3,(H2,25,31)/t12-,13+,21+,24-,27?/m1/s1. The average molecular weight is 497 g/mol. The second-order valence-corrected chi connectivity index (χ2v) is 9.37. The van der Waals surface area contributed by atoms with Crippen molar-refractivity contribution in [1.29, 1.82) is 0 Å². The summed E-state index contributed by atoms with van der Waals surface area (Å²) in [5.41, 5.74) is 4.59. The molecule has 2 aliphatic carbocycles. The Kier molecular flexibility index (Phi) is 4.71. The third-order valence-corrected chi connectivity index (χ3v) is 7.82. The van der Waals surface area contributed by atoms with Gasteiger partial charge in [0, 0.05) is 44.1 Å². The fraction of sp³-hybridized carbons (Fsp3) is 0.458. The van der Waals surface area contributed by atoms with Gasteiger partial charge in [0.15, 0.2) is 17.3 Å². The number of amides is 2. The second-order valence-electron chi connectivity index (χ2n) is 9.37. The molecule has 2 N–H and O–H groups in total. The van der Waals surface area contributed by atoms with Crippen molar-refractivity contribution in [1.82, 2.24) is 9.80 Å². The summed E-state index contributed by atoms with van der Waals surface area (Å²) in [6, 6.07) is -0.922. The Morgan fingerprint density at radius 2 is 1.97 bits per heavy atom. The molecule has 6 aliphatic rings. The van der Waals surface area contributed by atoms with Crippen LogP contribution in [-0.4, -0.2) is 84.0 Å². The summed E-state index contributed by atoms with van der Waals surface area (Å²) in [6.07, 6.45) is 0.462.